The zero-order chi connectivity index (χ0) is 14.4. The van der Waals surface area contributed by atoms with Crippen LogP contribution in [-0.4, -0.2) is 39.3 Å². The lowest BCUT2D eigenvalue weighted by atomic mass is 9.93. The van der Waals surface area contributed by atoms with Gasteiger partial charge in [0.15, 0.2) is 0 Å². The Bertz CT molecular complexity index is 433. The van der Waals surface area contributed by atoms with Crippen LogP contribution in [0.2, 0.25) is 0 Å². The van der Waals surface area contributed by atoms with Gasteiger partial charge in [-0.25, -0.2) is 4.68 Å². The lowest BCUT2D eigenvalue weighted by molar-refractivity contribution is -0.137. The summed E-state index contributed by atoms with van der Waals surface area (Å²) in [5.41, 5.74) is 0.954. The SMILES string of the molecule is COC1CCCC(n2cc(CCCCC(=O)O)nn2)C1. The second-order valence-corrected chi connectivity index (χ2v) is 5.47. The molecule has 1 heterocycles. The molecular formula is C14H23N3O3. The van der Waals surface area contributed by atoms with Crippen LogP contribution < -0.4 is 0 Å². The van der Waals surface area contributed by atoms with Gasteiger partial charge in [0.25, 0.3) is 0 Å². The summed E-state index contributed by atoms with van der Waals surface area (Å²) in [5, 5.41) is 17.0. The maximum atomic E-state index is 10.4. The Morgan fingerprint density at radius 3 is 3.10 bits per heavy atom. The molecule has 6 nitrogen and oxygen atoms in total. The summed E-state index contributed by atoms with van der Waals surface area (Å²) in [5.74, 6) is -0.735. The van der Waals surface area contributed by atoms with Gasteiger partial charge >= 0.3 is 5.97 Å². The Kier molecular flexibility index (Phi) is 5.52. The van der Waals surface area contributed by atoms with Crippen molar-refractivity contribution in [2.75, 3.05) is 7.11 Å². The molecule has 2 atom stereocenters. The topological polar surface area (TPSA) is 77.2 Å². The highest BCUT2D eigenvalue weighted by atomic mass is 16.5. The predicted octanol–water partition coefficient (Wildman–Crippen LogP) is 2.21. The number of hydrogen-bond donors (Lipinski definition) is 1. The monoisotopic (exact) mass is 281 g/mol. The minimum Gasteiger partial charge on any atom is -0.481 e. The van der Waals surface area contributed by atoms with Crippen LogP contribution in [0, 0.1) is 0 Å². The van der Waals surface area contributed by atoms with Crippen molar-refractivity contribution in [2.24, 2.45) is 0 Å². The number of ether oxygens (including phenoxy) is 1. The fourth-order valence-corrected chi connectivity index (χ4v) is 2.76. The van der Waals surface area contributed by atoms with E-state index in [-0.39, 0.29) is 6.42 Å². The molecular weight excluding hydrogens is 258 g/mol. The van der Waals surface area contributed by atoms with E-state index in [4.69, 9.17) is 9.84 Å². The minimum absolute atomic E-state index is 0.228. The molecule has 1 aliphatic rings. The summed E-state index contributed by atoms with van der Waals surface area (Å²) in [6.07, 6.45) is 9.31. The largest absolute Gasteiger partial charge is 0.481 e. The van der Waals surface area contributed by atoms with Crippen molar-refractivity contribution < 1.29 is 14.6 Å². The molecule has 0 bridgehead atoms. The smallest absolute Gasteiger partial charge is 0.303 e. The van der Waals surface area contributed by atoms with Crippen molar-refractivity contribution in [3.05, 3.63) is 11.9 Å². The molecule has 0 spiro atoms. The third-order valence-electron chi connectivity index (χ3n) is 3.94. The molecule has 0 radical (unpaired) electrons. The number of methoxy groups -OCH3 is 1. The van der Waals surface area contributed by atoms with Crippen molar-refractivity contribution in [3.8, 4) is 0 Å². The number of aliphatic carboxylic acids is 1. The van der Waals surface area contributed by atoms with Crippen molar-refractivity contribution in [1.29, 1.82) is 0 Å². The highest BCUT2D eigenvalue weighted by Crippen LogP contribution is 2.29. The maximum Gasteiger partial charge on any atom is 0.303 e. The Morgan fingerprint density at radius 2 is 2.35 bits per heavy atom. The summed E-state index contributed by atoms with van der Waals surface area (Å²) >= 11 is 0. The predicted molar refractivity (Wildman–Crippen MR) is 73.5 cm³/mol. The first-order chi connectivity index (χ1) is 9.69. The van der Waals surface area contributed by atoms with Gasteiger partial charge in [0.2, 0.25) is 0 Å². The molecule has 0 aliphatic heterocycles. The van der Waals surface area contributed by atoms with Gasteiger partial charge in [-0.1, -0.05) is 5.21 Å². The molecule has 2 unspecified atom stereocenters. The van der Waals surface area contributed by atoms with Crippen molar-refractivity contribution in [1.82, 2.24) is 15.0 Å². The molecule has 20 heavy (non-hydrogen) atoms. The van der Waals surface area contributed by atoms with Gasteiger partial charge in [-0.15, -0.1) is 5.10 Å². The quantitative estimate of drug-likeness (QED) is 0.775. The van der Waals surface area contributed by atoms with E-state index in [9.17, 15) is 4.79 Å². The van der Waals surface area contributed by atoms with Gasteiger partial charge in [-0.2, -0.15) is 0 Å². The van der Waals surface area contributed by atoms with Crippen LogP contribution in [-0.2, 0) is 16.0 Å². The summed E-state index contributed by atoms with van der Waals surface area (Å²) in [6.45, 7) is 0. The lowest BCUT2D eigenvalue weighted by Gasteiger charge is -2.27. The number of carboxylic acids is 1. The summed E-state index contributed by atoms with van der Waals surface area (Å²) < 4.78 is 7.39. The molecule has 2 rings (SSSR count). The second kappa shape index (κ2) is 7.38. The summed E-state index contributed by atoms with van der Waals surface area (Å²) in [7, 11) is 1.77. The average molecular weight is 281 g/mol. The number of carbonyl (C=O) groups is 1. The molecule has 0 aromatic carbocycles. The van der Waals surface area contributed by atoms with E-state index in [1.54, 1.807) is 7.11 Å². The van der Waals surface area contributed by atoms with Crippen LogP contribution in [0.4, 0.5) is 0 Å². The molecule has 1 saturated carbocycles. The highest BCUT2D eigenvalue weighted by Gasteiger charge is 2.23. The maximum absolute atomic E-state index is 10.4. The number of nitrogens with zero attached hydrogens (tertiary/aromatic N) is 3. The number of aryl methyl sites for hydroxylation is 1. The van der Waals surface area contributed by atoms with Crippen molar-refractivity contribution >= 4 is 5.97 Å². The zero-order valence-electron chi connectivity index (χ0n) is 12.0. The van der Waals surface area contributed by atoms with Crippen molar-refractivity contribution in [3.63, 3.8) is 0 Å². The van der Waals surface area contributed by atoms with E-state index in [1.807, 2.05) is 10.9 Å². The van der Waals surface area contributed by atoms with Crippen LogP contribution in [0.25, 0.3) is 0 Å². The van der Waals surface area contributed by atoms with Gasteiger partial charge in [0.1, 0.15) is 0 Å². The first-order valence-corrected chi connectivity index (χ1v) is 7.34. The summed E-state index contributed by atoms with van der Waals surface area (Å²) in [6, 6.07) is 0.383. The number of hydrogen-bond acceptors (Lipinski definition) is 4. The van der Waals surface area contributed by atoms with Gasteiger partial charge in [0, 0.05) is 19.7 Å². The molecule has 1 fully saturated rings. The Hall–Kier alpha value is -1.43. The molecule has 0 amide bonds. The van der Waals surface area contributed by atoms with E-state index in [0.717, 1.165) is 44.2 Å². The molecule has 0 saturated heterocycles. The number of carboxylic acid groups (broad SMARTS) is 1. The van der Waals surface area contributed by atoms with E-state index in [2.05, 4.69) is 10.3 Å². The fraction of sp³-hybridized carbons (Fsp3) is 0.786. The number of rotatable bonds is 7. The molecule has 1 aromatic rings. The van der Waals surface area contributed by atoms with Gasteiger partial charge in [-0.05, 0) is 44.9 Å². The summed E-state index contributed by atoms with van der Waals surface area (Å²) in [4.78, 5) is 10.4. The van der Waals surface area contributed by atoms with Crippen LogP contribution >= 0.6 is 0 Å². The first-order valence-electron chi connectivity index (χ1n) is 7.34. The van der Waals surface area contributed by atoms with Gasteiger partial charge in [-0.3, -0.25) is 4.79 Å². The number of unbranched alkanes of at least 4 members (excludes halogenated alkanes) is 1. The van der Waals surface area contributed by atoms with Crippen LogP contribution in [0.15, 0.2) is 6.20 Å². The van der Waals surface area contributed by atoms with Crippen LogP contribution in [0.1, 0.15) is 56.7 Å². The molecule has 112 valence electrons. The third kappa shape index (κ3) is 4.30. The zero-order valence-corrected chi connectivity index (χ0v) is 12.0. The van der Waals surface area contributed by atoms with E-state index in [0.29, 0.717) is 18.6 Å². The molecule has 6 heteroatoms. The van der Waals surface area contributed by atoms with Crippen LogP contribution in [0.3, 0.4) is 0 Å². The molecule has 1 aromatic heterocycles. The Morgan fingerprint density at radius 1 is 1.50 bits per heavy atom. The van der Waals surface area contributed by atoms with E-state index < -0.39 is 5.97 Å². The van der Waals surface area contributed by atoms with E-state index in [1.165, 1.54) is 0 Å². The fourth-order valence-electron chi connectivity index (χ4n) is 2.76. The van der Waals surface area contributed by atoms with Gasteiger partial charge in [0.05, 0.1) is 17.8 Å². The van der Waals surface area contributed by atoms with Crippen LogP contribution in [0.5, 0.6) is 0 Å². The first kappa shape index (κ1) is 15.0. The van der Waals surface area contributed by atoms with Crippen molar-refractivity contribution in [2.45, 2.75) is 63.5 Å². The second-order valence-electron chi connectivity index (χ2n) is 5.47. The molecule has 1 aliphatic carbocycles. The number of aromatic nitrogens is 3. The Labute approximate surface area is 119 Å². The third-order valence-corrected chi connectivity index (χ3v) is 3.94. The normalized spacial score (nSPS) is 22.9. The highest BCUT2D eigenvalue weighted by molar-refractivity contribution is 5.66. The molecule has 1 N–H and O–H groups in total. The standard InChI is InChI=1S/C14H23N3O3/c1-20-13-7-4-6-12(9-13)17-10-11(15-16-17)5-2-3-8-14(18)19/h10,12-13H,2-9H2,1H3,(H,18,19). The minimum atomic E-state index is -0.735. The van der Waals surface area contributed by atoms with E-state index >= 15 is 0 Å². The average Bonchev–Trinajstić information content (AvgIpc) is 2.92. The van der Waals surface area contributed by atoms with Gasteiger partial charge < -0.3 is 9.84 Å². The Balaban J connectivity index is 1.80. The lowest BCUT2D eigenvalue weighted by Crippen LogP contribution is -2.24.